The van der Waals surface area contributed by atoms with Crippen LogP contribution in [0.3, 0.4) is 0 Å². The number of nitrogens with zero attached hydrogens (tertiary/aromatic N) is 2. The normalized spacial score (nSPS) is 14.3. The van der Waals surface area contributed by atoms with E-state index in [4.69, 9.17) is 9.47 Å². The van der Waals surface area contributed by atoms with Crippen LogP contribution in [0.2, 0.25) is 0 Å². The van der Waals surface area contributed by atoms with Crippen molar-refractivity contribution in [2.24, 2.45) is 0 Å². The minimum Gasteiger partial charge on any atom is -0.493 e. The van der Waals surface area contributed by atoms with Gasteiger partial charge in [0.05, 0.1) is 24.8 Å². The first-order valence-corrected chi connectivity index (χ1v) is 17.0. The van der Waals surface area contributed by atoms with Crippen LogP contribution in [0.5, 0.6) is 11.5 Å². The van der Waals surface area contributed by atoms with Gasteiger partial charge in [0.15, 0.2) is 11.5 Å². The van der Waals surface area contributed by atoms with E-state index in [1.807, 2.05) is 45.0 Å². The number of carbonyl (C=O) groups excluding carboxylic acids is 2. The van der Waals surface area contributed by atoms with Crippen LogP contribution in [-0.4, -0.2) is 58.0 Å². The smallest absolute Gasteiger partial charge is 0.264 e. The number of anilines is 1. The van der Waals surface area contributed by atoms with Crippen molar-refractivity contribution in [2.75, 3.05) is 25.1 Å². The predicted octanol–water partition coefficient (Wildman–Crippen LogP) is 5.77. The molecule has 1 atom stereocenters. The topological polar surface area (TPSA) is 105 Å². The minimum atomic E-state index is -4.21. The van der Waals surface area contributed by atoms with Gasteiger partial charge in [0.2, 0.25) is 11.8 Å². The number of benzene rings is 3. The van der Waals surface area contributed by atoms with Gasteiger partial charge in [0, 0.05) is 18.7 Å². The number of ether oxygens (including phenoxy) is 2. The van der Waals surface area contributed by atoms with Gasteiger partial charge >= 0.3 is 0 Å². The zero-order valence-electron chi connectivity index (χ0n) is 26.9. The molecular weight excluding hydrogens is 590 g/mol. The Hall–Kier alpha value is -4.05. The highest BCUT2D eigenvalue weighted by Gasteiger charge is 2.34. The molecule has 0 unspecified atom stereocenters. The van der Waals surface area contributed by atoms with Gasteiger partial charge in [-0.15, -0.1) is 0 Å². The fourth-order valence-electron chi connectivity index (χ4n) is 5.82. The van der Waals surface area contributed by atoms with E-state index in [2.05, 4.69) is 5.32 Å². The third-order valence-corrected chi connectivity index (χ3v) is 10.1. The van der Waals surface area contributed by atoms with E-state index in [9.17, 15) is 18.0 Å². The molecule has 0 aliphatic heterocycles. The van der Waals surface area contributed by atoms with Crippen molar-refractivity contribution in [2.45, 2.75) is 82.8 Å². The second-order valence-corrected chi connectivity index (χ2v) is 13.5. The standard InChI is InChI=1S/C35H45N3O6S/c1-6-31(35(40)36-28-13-8-7-9-14-28)37(23-27-12-10-11-26(3)21-27)34(39)24-38(29-17-20-32(43-4)33(22-29)44-5)45(41,42)30-18-15-25(2)16-19-30/h10-12,15-22,28,31H,6-9,13-14,23-24H2,1-5H3,(H,36,40)/t31-/m1/s1. The molecule has 0 heterocycles. The van der Waals surface area contributed by atoms with E-state index in [0.29, 0.717) is 17.9 Å². The Kier molecular flexibility index (Phi) is 11.5. The molecule has 3 aromatic carbocycles. The zero-order chi connectivity index (χ0) is 32.6. The van der Waals surface area contributed by atoms with Gasteiger partial charge in [0.25, 0.3) is 10.0 Å². The maximum atomic E-state index is 14.4. The highest BCUT2D eigenvalue weighted by Crippen LogP contribution is 2.34. The molecular formula is C35H45N3O6S. The van der Waals surface area contributed by atoms with Gasteiger partial charge in [0.1, 0.15) is 12.6 Å². The van der Waals surface area contributed by atoms with E-state index < -0.39 is 28.5 Å². The first-order chi connectivity index (χ1) is 21.6. The summed E-state index contributed by atoms with van der Waals surface area (Å²) in [4.78, 5) is 29.7. The van der Waals surface area contributed by atoms with Gasteiger partial charge < -0.3 is 19.7 Å². The summed E-state index contributed by atoms with van der Waals surface area (Å²) < 4.78 is 40.3. The summed E-state index contributed by atoms with van der Waals surface area (Å²) >= 11 is 0. The van der Waals surface area contributed by atoms with Crippen LogP contribution in [0.1, 0.15) is 62.1 Å². The molecule has 1 N–H and O–H groups in total. The number of carbonyl (C=O) groups is 2. The van der Waals surface area contributed by atoms with Crippen LogP contribution < -0.4 is 19.1 Å². The van der Waals surface area contributed by atoms with E-state index in [-0.39, 0.29) is 29.1 Å². The number of hydrogen-bond acceptors (Lipinski definition) is 6. The van der Waals surface area contributed by atoms with Crippen LogP contribution in [0, 0.1) is 13.8 Å². The average molecular weight is 636 g/mol. The molecule has 45 heavy (non-hydrogen) atoms. The molecule has 1 saturated carbocycles. The third-order valence-electron chi connectivity index (χ3n) is 8.32. The first kappa shape index (κ1) is 33.8. The van der Waals surface area contributed by atoms with Crippen LogP contribution in [0.4, 0.5) is 5.69 Å². The fourth-order valence-corrected chi connectivity index (χ4v) is 7.22. The van der Waals surface area contributed by atoms with Gasteiger partial charge in [-0.05, 0) is 62.9 Å². The Morgan fingerprint density at radius 1 is 0.889 bits per heavy atom. The van der Waals surface area contributed by atoms with E-state index in [1.165, 1.54) is 37.3 Å². The largest absolute Gasteiger partial charge is 0.493 e. The second kappa shape index (κ2) is 15.3. The molecule has 2 amide bonds. The first-order valence-electron chi connectivity index (χ1n) is 15.5. The zero-order valence-corrected chi connectivity index (χ0v) is 27.7. The quantitative estimate of drug-likeness (QED) is 0.256. The molecule has 0 saturated heterocycles. The molecule has 1 aliphatic rings. The molecule has 9 nitrogen and oxygen atoms in total. The maximum absolute atomic E-state index is 14.4. The van der Waals surface area contributed by atoms with Gasteiger partial charge in [-0.3, -0.25) is 13.9 Å². The van der Waals surface area contributed by atoms with Crippen LogP contribution in [-0.2, 0) is 26.2 Å². The van der Waals surface area contributed by atoms with Crippen LogP contribution in [0.15, 0.2) is 71.6 Å². The molecule has 1 aliphatic carbocycles. The van der Waals surface area contributed by atoms with Crippen LogP contribution in [0.25, 0.3) is 0 Å². The van der Waals surface area contributed by atoms with Crippen molar-refractivity contribution in [1.82, 2.24) is 10.2 Å². The van der Waals surface area contributed by atoms with Crippen molar-refractivity contribution in [3.8, 4) is 11.5 Å². The van der Waals surface area contributed by atoms with E-state index >= 15 is 0 Å². The van der Waals surface area contributed by atoms with Crippen molar-refractivity contribution in [3.63, 3.8) is 0 Å². The summed E-state index contributed by atoms with van der Waals surface area (Å²) in [5.41, 5.74) is 3.01. The average Bonchev–Trinajstić information content (AvgIpc) is 3.03. The molecule has 10 heteroatoms. The Morgan fingerprint density at radius 3 is 2.20 bits per heavy atom. The molecule has 4 rings (SSSR count). The van der Waals surface area contributed by atoms with Crippen molar-refractivity contribution in [3.05, 3.63) is 83.4 Å². The minimum absolute atomic E-state index is 0.0444. The second-order valence-electron chi connectivity index (χ2n) is 11.6. The number of methoxy groups -OCH3 is 2. The molecule has 0 spiro atoms. The molecule has 242 valence electrons. The Bertz CT molecular complexity index is 1570. The van der Waals surface area contributed by atoms with Gasteiger partial charge in [-0.25, -0.2) is 8.42 Å². The summed E-state index contributed by atoms with van der Waals surface area (Å²) in [6.45, 7) is 5.34. The lowest BCUT2D eigenvalue weighted by Gasteiger charge is -2.34. The molecule has 0 radical (unpaired) electrons. The maximum Gasteiger partial charge on any atom is 0.264 e. The highest BCUT2D eigenvalue weighted by atomic mass is 32.2. The summed E-state index contributed by atoms with van der Waals surface area (Å²) in [5, 5.41) is 3.18. The highest BCUT2D eigenvalue weighted by molar-refractivity contribution is 7.92. The van der Waals surface area contributed by atoms with Crippen molar-refractivity contribution >= 4 is 27.5 Å². The lowest BCUT2D eigenvalue weighted by atomic mass is 9.95. The lowest BCUT2D eigenvalue weighted by molar-refractivity contribution is -0.140. The third kappa shape index (κ3) is 8.36. The van der Waals surface area contributed by atoms with Crippen LogP contribution >= 0.6 is 0 Å². The Balaban J connectivity index is 1.75. The summed E-state index contributed by atoms with van der Waals surface area (Å²) in [6.07, 6.45) is 5.47. The van der Waals surface area contributed by atoms with E-state index in [1.54, 1.807) is 24.3 Å². The summed E-state index contributed by atoms with van der Waals surface area (Å²) in [6, 6.07) is 18.3. The fraction of sp³-hybridized carbons (Fsp3) is 0.429. The van der Waals surface area contributed by atoms with Gasteiger partial charge in [-0.2, -0.15) is 0 Å². The Labute approximate surface area is 267 Å². The number of amides is 2. The number of hydrogen-bond donors (Lipinski definition) is 1. The van der Waals surface area contributed by atoms with Crippen molar-refractivity contribution < 1.29 is 27.5 Å². The molecule has 0 aromatic heterocycles. The number of sulfonamides is 1. The number of nitrogens with one attached hydrogen (secondary N) is 1. The van der Waals surface area contributed by atoms with Gasteiger partial charge in [-0.1, -0.05) is 73.7 Å². The molecule has 0 bridgehead atoms. The van der Waals surface area contributed by atoms with Crippen molar-refractivity contribution in [1.29, 1.82) is 0 Å². The predicted molar refractivity (Wildman–Crippen MR) is 176 cm³/mol. The summed E-state index contributed by atoms with van der Waals surface area (Å²) in [5.74, 6) is 0.0327. The number of rotatable bonds is 13. The summed E-state index contributed by atoms with van der Waals surface area (Å²) in [7, 11) is -1.25. The molecule has 3 aromatic rings. The monoisotopic (exact) mass is 635 g/mol. The molecule has 1 fully saturated rings. The van der Waals surface area contributed by atoms with E-state index in [0.717, 1.165) is 53.1 Å². The number of aryl methyl sites for hydroxylation is 2. The Morgan fingerprint density at radius 2 is 1.58 bits per heavy atom. The lowest BCUT2D eigenvalue weighted by Crippen LogP contribution is -2.54. The SMILES string of the molecule is CC[C@H](C(=O)NC1CCCCC1)N(Cc1cccc(C)c1)C(=O)CN(c1ccc(OC)c(OC)c1)S(=O)(=O)c1ccc(C)cc1.